The maximum absolute atomic E-state index is 12.2. The number of carbonyl (C=O) groups excluding carboxylic acids is 1. The summed E-state index contributed by atoms with van der Waals surface area (Å²) in [6, 6.07) is 4.09. The minimum atomic E-state index is -0.548. The van der Waals surface area contributed by atoms with Gasteiger partial charge in [0.15, 0.2) is 0 Å². The van der Waals surface area contributed by atoms with E-state index in [0.717, 1.165) is 11.8 Å². The Morgan fingerprint density at radius 1 is 1.33 bits per heavy atom. The van der Waals surface area contributed by atoms with E-state index in [-0.39, 0.29) is 11.3 Å². The van der Waals surface area contributed by atoms with Gasteiger partial charge < -0.3 is 11.1 Å². The number of carbonyl (C=O) groups is 1. The zero-order valence-corrected chi connectivity index (χ0v) is 11.7. The van der Waals surface area contributed by atoms with E-state index >= 15 is 0 Å². The Balaban J connectivity index is 1.69. The molecule has 0 bridgehead atoms. The van der Waals surface area contributed by atoms with E-state index in [0.29, 0.717) is 18.2 Å². The van der Waals surface area contributed by atoms with Gasteiger partial charge in [-0.15, -0.1) is 0 Å². The predicted molar refractivity (Wildman–Crippen MR) is 78.8 cm³/mol. The fraction of sp³-hybridized carbons (Fsp3) is 0.533. The summed E-state index contributed by atoms with van der Waals surface area (Å²) in [6.07, 6.45) is 4.98. The van der Waals surface area contributed by atoms with E-state index < -0.39 is 10.8 Å². The third-order valence-corrected chi connectivity index (χ3v) is 4.42. The highest BCUT2D eigenvalue weighted by molar-refractivity contribution is 5.99. The van der Waals surface area contributed by atoms with Gasteiger partial charge in [0.05, 0.1) is 4.92 Å². The molecular weight excluding hydrogens is 270 g/mol. The topological polar surface area (TPSA) is 98.3 Å². The molecule has 112 valence electrons. The summed E-state index contributed by atoms with van der Waals surface area (Å²) in [5.74, 6) is 1.59. The Hall–Kier alpha value is -2.11. The third kappa shape index (κ3) is 3.15. The highest BCUT2D eigenvalue weighted by atomic mass is 16.6. The average Bonchev–Trinajstić information content (AvgIpc) is 3.32. The van der Waals surface area contributed by atoms with Gasteiger partial charge in [-0.25, -0.2) is 0 Å². The van der Waals surface area contributed by atoms with Crippen LogP contribution in [0.15, 0.2) is 18.2 Å². The van der Waals surface area contributed by atoms with Crippen molar-refractivity contribution < 1.29 is 9.72 Å². The van der Waals surface area contributed by atoms with Crippen LogP contribution in [0.2, 0.25) is 0 Å². The molecule has 3 rings (SSSR count). The number of rotatable bonds is 6. The molecule has 3 N–H and O–H groups in total. The lowest BCUT2D eigenvalue weighted by atomic mass is 9.98. The van der Waals surface area contributed by atoms with Crippen LogP contribution in [0.3, 0.4) is 0 Å². The number of hydrogen-bond acceptors (Lipinski definition) is 4. The summed E-state index contributed by atoms with van der Waals surface area (Å²) in [4.78, 5) is 22.7. The molecule has 0 unspecified atom stereocenters. The van der Waals surface area contributed by atoms with Gasteiger partial charge in [0, 0.05) is 18.3 Å². The number of nitrogens with zero attached hydrogens (tertiary/aromatic N) is 1. The molecule has 6 heteroatoms. The van der Waals surface area contributed by atoms with Crippen LogP contribution in [0, 0.1) is 27.9 Å². The predicted octanol–water partition coefficient (Wildman–Crippen LogP) is 2.34. The largest absolute Gasteiger partial charge is 0.399 e. The summed E-state index contributed by atoms with van der Waals surface area (Å²) >= 11 is 0. The first-order valence-corrected chi connectivity index (χ1v) is 7.38. The second kappa shape index (κ2) is 5.35. The van der Waals surface area contributed by atoms with E-state index in [1.54, 1.807) is 0 Å². The van der Waals surface area contributed by atoms with Crippen LogP contribution >= 0.6 is 0 Å². The zero-order valence-electron chi connectivity index (χ0n) is 11.7. The van der Waals surface area contributed by atoms with Gasteiger partial charge in [-0.05, 0) is 55.6 Å². The Morgan fingerprint density at radius 2 is 1.95 bits per heavy atom. The highest BCUT2D eigenvalue weighted by Gasteiger charge is 2.41. The Morgan fingerprint density at radius 3 is 2.48 bits per heavy atom. The lowest BCUT2D eigenvalue weighted by molar-refractivity contribution is -0.385. The molecule has 0 aromatic heterocycles. The van der Waals surface area contributed by atoms with Crippen molar-refractivity contribution in [3.8, 4) is 0 Å². The van der Waals surface area contributed by atoms with E-state index in [1.165, 1.54) is 43.9 Å². The minimum Gasteiger partial charge on any atom is -0.399 e. The number of nitro benzene ring substituents is 1. The number of nitrogen functional groups attached to an aromatic ring is 1. The minimum absolute atomic E-state index is 0.0466. The molecule has 1 amide bonds. The monoisotopic (exact) mass is 289 g/mol. The molecule has 0 saturated heterocycles. The van der Waals surface area contributed by atoms with Crippen molar-refractivity contribution in [1.29, 1.82) is 0 Å². The standard InChI is InChI=1S/C15H19N3O3/c16-11-5-6-14(18(20)21)12(7-11)15(19)17-8-13(9-1-2-9)10-3-4-10/h5-7,9-10,13H,1-4,8,16H2,(H,17,19). The first-order chi connectivity index (χ1) is 10.1. The maximum atomic E-state index is 12.2. The summed E-state index contributed by atoms with van der Waals surface area (Å²) < 4.78 is 0. The normalized spacial score (nSPS) is 17.8. The second-order valence-corrected chi connectivity index (χ2v) is 6.08. The second-order valence-electron chi connectivity index (χ2n) is 6.08. The van der Waals surface area contributed by atoms with Crippen molar-refractivity contribution >= 4 is 17.3 Å². The molecule has 0 aliphatic heterocycles. The fourth-order valence-corrected chi connectivity index (χ4v) is 2.97. The molecule has 2 aliphatic carbocycles. The molecular formula is C15H19N3O3. The smallest absolute Gasteiger partial charge is 0.282 e. The lowest BCUT2D eigenvalue weighted by Crippen LogP contribution is -2.31. The number of nitrogens with one attached hydrogen (secondary N) is 1. The molecule has 0 atom stereocenters. The number of nitro groups is 1. The van der Waals surface area contributed by atoms with E-state index in [1.807, 2.05) is 0 Å². The molecule has 2 saturated carbocycles. The van der Waals surface area contributed by atoms with Crippen molar-refractivity contribution in [3.63, 3.8) is 0 Å². The Bertz CT molecular complexity index is 568. The average molecular weight is 289 g/mol. The maximum Gasteiger partial charge on any atom is 0.282 e. The van der Waals surface area contributed by atoms with Crippen LogP contribution in [0.5, 0.6) is 0 Å². The molecule has 1 aromatic carbocycles. The number of benzene rings is 1. The molecule has 2 aliphatic rings. The SMILES string of the molecule is Nc1ccc([N+](=O)[O-])c(C(=O)NCC(C2CC2)C2CC2)c1. The molecule has 0 spiro atoms. The first kappa shape index (κ1) is 13.9. The summed E-state index contributed by atoms with van der Waals surface area (Å²) in [7, 11) is 0. The van der Waals surface area contributed by atoms with Gasteiger partial charge >= 0.3 is 0 Å². The van der Waals surface area contributed by atoms with Crippen molar-refractivity contribution in [2.75, 3.05) is 12.3 Å². The summed E-state index contributed by atoms with van der Waals surface area (Å²) in [5.41, 5.74) is 5.84. The number of nitrogens with two attached hydrogens (primary N) is 1. The van der Waals surface area contributed by atoms with Gasteiger partial charge in [0.25, 0.3) is 11.6 Å². The first-order valence-electron chi connectivity index (χ1n) is 7.38. The Kier molecular flexibility index (Phi) is 3.53. The zero-order chi connectivity index (χ0) is 15.0. The van der Waals surface area contributed by atoms with Gasteiger partial charge in [-0.3, -0.25) is 14.9 Å². The molecule has 2 fully saturated rings. The molecule has 1 aromatic rings. The van der Waals surface area contributed by atoms with E-state index in [4.69, 9.17) is 5.73 Å². The van der Waals surface area contributed by atoms with Gasteiger partial charge in [0.1, 0.15) is 5.56 Å². The third-order valence-electron chi connectivity index (χ3n) is 4.42. The fourth-order valence-electron chi connectivity index (χ4n) is 2.97. The van der Waals surface area contributed by atoms with Crippen molar-refractivity contribution in [2.24, 2.45) is 17.8 Å². The van der Waals surface area contributed by atoms with Crippen molar-refractivity contribution in [3.05, 3.63) is 33.9 Å². The van der Waals surface area contributed by atoms with Crippen LogP contribution in [-0.4, -0.2) is 17.4 Å². The lowest BCUT2D eigenvalue weighted by Gasteiger charge is -2.16. The van der Waals surface area contributed by atoms with Crippen LogP contribution in [0.25, 0.3) is 0 Å². The molecule has 21 heavy (non-hydrogen) atoms. The summed E-state index contributed by atoms with van der Waals surface area (Å²) in [5, 5.41) is 13.9. The van der Waals surface area contributed by atoms with Gasteiger partial charge in [0.2, 0.25) is 0 Å². The number of amides is 1. The molecule has 6 nitrogen and oxygen atoms in total. The number of anilines is 1. The van der Waals surface area contributed by atoms with Crippen LogP contribution in [0.1, 0.15) is 36.0 Å². The van der Waals surface area contributed by atoms with Gasteiger partial charge in [-0.1, -0.05) is 0 Å². The van der Waals surface area contributed by atoms with Crippen LogP contribution < -0.4 is 11.1 Å². The van der Waals surface area contributed by atoms with E-state index in [9.17, 15) is 14.9 Å². The van der Waals surface area contributed by atoms with Gasteiger partial charge in [-0.2, -0.15) is 0 Å². The number of hydrogen-bond donors (Lipinski definition) is 2. The highest BCUT2D eigenvalue weighted by Crippen LogP contribution is 2.48. The van der Waals surface area contributed by atoms with E-state index in [2.05, 4.69) is 5.32 Å². The quantitative estimate of drug-likeness (QED) is 0.477. The Labute approximate surface area is 122 Å². The van der Waals surface area contributed by atoms with Crippen LogP contribution in [0.4, 0.5) is 11.4 Å². The van der Waals surface area contributed by atoms with Crippen molar-refractivity contribution in [1.82, 2.24) is 5.32 Å². The molecule has 0 radical (unpaired) electrons. The van der Waals surface area contributed by atoms with Crippen molar-refractivity contribution in [2.45, 2.75) is 25.7 Å². The summed E-state index contributed by atoms with van der Waals surface area (Å²) in [6.45, 7) is 0.611. The van der Waals surface area contributed by atoms with Crippen LogP contribution in [-0.2, 0) is 0 Å². The molecule has 0 heterocycles.